The van der Waals surface area contributed by atoms with Crippen molar-refractivity contribution in [1.29, 1.82) is 0 Å². The number of methoxy groups -OCH3 is 1. The van der Waals surface area contributed by atoms with Crippen molar-refractivity contribution in [1.82, 2.24) is 9.78 Å². The Hall–Kier alpha value is -3.49. The number of benzene rings is 2. The summed E-state index contributed by atoms with van der Waals surface area (Å²) in [5.41, 5.74) is 5.31. The van der Waals surface area contributed by atoms with Gasteiger partial charge < -0.3 is 15.4 Å². The van der Waals surface area contributed by atoms with Crippen LogP contribution in [0.1, 0.15) is 27.3 Å². The van der Waals surface area contributed by atoms with Gasteiger partial charge in [-0.3, -0.25) is 4.68 Å². The van der Waals surface area contributed by atoms with Gasteiger partial charge in [0.05, 0.1) is 36.3 Å². The summed E-state index contributed by atoms with van der Waals surface area (Å²) in [5, 5.41) is 12.1. The zero-order valence-corrected chi connectivity index (χ0v) is 20.2. The van der Waals surface area contributed by atoms with Gasteiger partial charge in [0.25, 0.3) is 0 Å². The van der Waals surface area contributed by atoms with Crippen LogP contribution in [0.4, 0.5) is 10.7 Å². The van der Waals surface area contributed by atoms with E-state index in [4.69, 9.17) is 17.0 Å². The summed E-state index contributed by atoms with van der Waals surface area (Å²) < 4.78 is 6.93. The van der Waals surface area contributed by atoms with Gasteiger partial charge in [-0.25, -0.2) is 4.79 Å². The number of hydrogen-bond acceptors (Lipinski definition) is 5. The fourth-order valence-corrected chi connectivity index (χ4v) is 4.85. The molecule has 2 N–H and O–H groups in total. The van der Waals surface area contributed by atoms with Crippen molar-refractivity contribution in [3.63, 3.8) is 0 Å². The molecule has 33 heavy (non-hydrogen) atoms. The number of hydrogen-bond donors (Lipinski definition) is 2. The molecule has 8 heteroatoms. The van der Waals surface area contributed by atoms with Gasteiger partial charge in [-0.1, -0.05) is 60.7 Å². The predicted octanol–water partition coefficient (Wildman–Crippen LogP) is 5.87. The largest absolute Gasteiger partial charge is 0.465 e. The number of thiocarbonyl (C=S) groups is 1. The van der Waals surface area contributed by atoms with Crippen molar-refractivity contribution in [2.75, 3.05) is 17.7 Å². The molecule has 0 atom stereocenters. The minimum Gasteiger partial charge on any atom is -0.465 e. The van der Waals surface area contributed by atoms with Crippen molar-refractivity contribution in [2.24, 2.45) is 0 Å². The molecule has 0 amide bonds. The maximum Gasteiger partial charge on any atom is 0.340 e. The second kappa shape index (κ2) is 9.97. The molecule has 4 rings (SSSR count). The lowest BCUT2D eigenvalue weighted by Gasteiger charge is -2.11. The Morgan fingerprint density at radius 2 is 1.73 bits per heavy atom. The zero-order valence-electron chi connectivity index (χ0n) is 18.6. The van der Waals surface area contributed by atoms with Crippen LogP contribution >= 0.6 is 23.6 Å². The summed E-state index contributed by atoms with van der Waals surface area (Å²) in [6.45, 7) is 4.62. The van der Waals surface area contributed by atoms with Gasteiger partial charge >= 0.3 is 5.97 Å². The van der Waals surface area contributed by atoms with Gasteiger partial charge in [0.2, 0.25) is 0 Å². The van der Waals surface area contributed by atoms with Crippen LogP contribution in [0.2, 0.25) is 0 Å². The molecule has 168 valence electrons. The lowest BCUT2D eigenvalue weighted by atomic mass is 10.1. The number of ether oxygens (including phenoxy) is 1. The topological polar surface area (TPSA) is 68.2 Å². The Kier molecular flexibility index (Phi) is 6.86. The molecule has 0 aliphatic heterocycles. The van der Waals surface area contributed by atoms with E-state index in [1.807, 2.05) is 73.1 Å². The molecular formula is C25H24N4O2S2. The van der Waals surface area contributed by atoms with Crippen LogP contribution in [-0.4, -0.2) is 28.0 Å². The minimum absolute atomic E-state index is 0.382. The zero-order chi connectivity index (χ0) is 23.4. The highest BCUT2D eigenvalue weighted by molar-refractivity contribution is 7.80. The van der Waals surface area contributed by atoms with E-state index in [2.05, 4.69) is 27.9 Å². The fourth-order valence-electron chi connectivity index (χ4n) is 3.53. The van der Waals surface area contributed by atoms with Crippen LogP contribution in [-0.2, 0) is 11.3 Å². The normalized spacial score (nSPS) is 10.6. The highest BCUT2D eigenvalue weighted by Gasteiger charge is 2.20. The second-order valence-electron chi connectivity index (χ2n) is 7.48. The standard InChI is InChI=1S/C25H24N4O2S2/c1-16-22(17(2)29(28-16)15-18-10-6-4-7-11-18)26-25(32)27-23-20(24(30)31-3)14-21(33-23)19-12-8-5-9-13-19/h4-14H,15H2,1-3H3,(H2,26,27,32). The van der Waals surface area contributed by atoms with Crippen molar-refractivity contribution >= 4 is 45.3 Å². The first-order valence-corrected chi connectivity index (χ1v) is 11.6. The van der Waals surface area contributed by atoms with E-state index in [0.29, 0.717) is 22.2 Å². The average molecular weight is 477 g/mol. The van der Waals surface area contributed by atoms with Gasteiger partial charge in [-0.05, 0) is 43.3 Å². The van der Waals surface area contributed by atoms with Crippen LogP contribution in [0.25, 0.3) is 10.4 Å². The molecule has 0 saturated carbocycles. The highest BCUT2D eigenvalue weighted by atomic mass is 32.1. The van der Waals surface area contributed by atoms with E-state index in [9.17, 15) is 4.79 Å². The van der Waals surface area contributed by atoms with Crippen molar-refractivity contribution < 1.29 is 9.53 Å². The number of anilines is 2. The van der Waals surface area contributed by atoms with Gasteiger partial charge in [0.15, 0.2) is 5.11 Å². The summed E-state index contributed by atoms with van der Waals surface area (Å²) >= 11 is 7.03. The Morgan fingerprint density at radius 3 is 2.39 bits per heavy atom. The predicted molar refractivity (Wildman–Crippen MR) is 138 cm³/mol. The van der Waals surface area contributed by atoms with Gasteiger partial charge in [-0.15, -0.1) is 11.3 Å². The number of aryl methyl sites for hydroxylation is 1. The van der Waals surface area contributed by atoms with Gasteiger partial charge in [0.1, 0.15) is 5.00 Å². The van der Waals surface area contributed by atoms with E-state index < -0.39 is 5.97 Å². The van der Waals surface area contributed by atoms with E-state index in [-0.39, 0.29) is 0 Å². The number of thiophene rings is 1. The van der Waals surface area contributed by atoms with Crippen molar-refractivity contribution in [3.05, 3.63) is 89.2 Å². The van der Waals surface area contributed by atoms with Crippen LogP contribution in [0.5, 0.6) is 0 Å². The first kappa shape index (κ1) is 22.7. The molecule has 2 heterocycles. The van der Waals surface area contributed by atoms with E-state index >= 15 is 0 Å². The van der Waals surface area contributed by atoms with E-state index in [1.54, 1.807) is 0 Å². The van der Waals surface area contributed by atoms with Crippen molar-refractivity contribution in [2.45, 2.75) is 20.4 Å². The number of esters is 1. The summed E-state index contributed by atoms with van der Waals surface area (Å²) in [7, 11) is 1.37. The lowest BCUT2D eigenvalue weighted by molar-refractivity contribution is 0.0602. The molecule has 6 nitrogen and oxygen atoms in total. The molecule has 2 aromatic carbocycles. The number of carbonyl (C=O) groups is 1. The molecule has 0 radical (unpaired) electrons. The van der Waals surface area contributed by atoms with Gasteiger partial charge in [-0.2, -0.15) is 5.10 Å². The molecular weight excluding hydrogens is 452 g/mol. The maximum absolute atomic E-state index is 12.4. The smallest absolute Gasteiger partial charge is 0.340 e. The molecule has 0 unspecified atom stereocenters. The molecule has 4 aromatic rings. The van der Waals surface area contributed by atoms with Gasteiger partial charge in [0, 0.05) is 4.88 Å². The quantitative estimate of drug-likeness (QED) is 0.268. The number of nitrogens with one attached hydrogen (secondary N) is 2. The summed E-state index contributed by atoms with van der Waals surface area (Å²) in [4.78, 5) is 13.3. The first-order valence-electron chi connectivity index (χ1n) is 10.4. The highest BCUT2D eigenvalue weighted by Crippen LogP contribution is 2.36. The number of aromatic nitrogens is 2. The van der Waals surface area contributed by atoms with Crippen molar-refractivity contribution in [3.8, 4) is 10.4 Å². The fraction of sp³-hybridized carbons (Fsp3) is 0.160. The average Bonchev–Trinajstić information content (AvgIpc) is 3.36. The van der Waals surface area contributed by atoms with Crippen LogP contribution < -0.4 is 10.6 Å². The molecule has 0 bridgehead atoms. The molecule has 0 spiro atoms. The monoisotopic (exact) mass is 476 g/mol. The maximum atomic E-state index is 12.4. The van der Waals surface area contributed by atoms with E-state index in [1.165, 1.54) is 24.0 Å². The minimum atomic E-state index is -0.415. The second-order valence-corrected chi connectivity index (χ2v) is 8.94. The third-order valence-electron chi connectivity index (χ3n) is 5.22. The number of nitrogens with zero attached hydrogens (tertiary/aromatic N) is 2. The number of carbonyl (C=O) groups excluding carboxylic acids is 1. The molecule has 0 fully saturated rings. The van der Waals surface area contributed by atoms with Crippen LogP contribution in [0, 0.1) is 13.8 Å². The molecule has 0 saturated heterocycles. The first-order chi connectivity index (χ1) is 16.0. The number of rotatable bonds is 6. The summed E-state index contributed by atoms with van der Waals surface area (Å²) in [5.74, 6) is -0.415. The Morgan fingerprint density at radius 1 is 1.06 bits per heavy atom. The Labute approximate surface area is 202 Å². The van der Waals surface area contributed by atoms with Crippen LogP contribution in [0.3, 0.4) is 0 Å². The summed E-state index contributed by atoms with van der Waals surface area (Å²) in [6, 6.07) is 21.9. The van der Waals surface area contributed by atoms with E-state index in [0.717, 1.165) is 27.5 Å². The third kappa shape index (κ3) is 5.13. The Bertz CT molecular complexity index is 1280. The summed E-state index contributed by atoms with van der Waals surface area (Å²) in [6.07, 6.45) is 0. The third-order valence-corrected chi connectivity index (χ3v) is 6.52. The Balaban J connectivity index is 1.54. The molecule has 2 aromatic heterocycles. The molecule has 0 aliphatic carbocycles. The SMILES string of the molecule is COC(=O)c1cc(-c2ccccc2)sc1NC(=S)Nc1c(C)nn(Cc2ccccc2)c1C. The molecule has 0 aliphatic rings. The van der Waals surface area contributed by atoms with Crippen LogP contribution in [0.15, 0.2) is 66.7 Å². The lowest BCUT2D eigenvalue weighted by Crippen LogP contribution is -2.20.